The van der Waals surface area contributed by atoms with Gasteiger partial charge in [0, 0.05) is 17.6 Å². The molecule has 2 N–H and O–H groups in total. The highest BCUT2D eigenvalue weighted by Gasteiger charge is 2.02. The van der Waals surface area contributed by atoms with Crippen LogP contribution in [0.2, 0.25) is 5.02 Å². The van der Waals surface area contributed by atoms with E-state index in [4.69, 9.17) is 11.6 Å². The van der Waals surface area contributed by atoms with Crippen LogP contribution < -0.4 is 10.6 Å². The predicted molar refractivity (Wildman–Crippen MR) is 54.3 cm³/mol. The second kappa shape index (κ2) is 4.62. The number of imide groups is 1. The van der Waals surface area contributed by atoms with Crippen molar-refractivity contribution in [1.82, 2.24) is 5.32 Å². The van der Waals surface area contributed by atoms with Crippen LogP contribution in [0.5, 0.6) is 0 Å². The molecule has 0 heterocycles. The number of carbonyl (C=O) groups is 2. The van der Waals surface area contributed by atoms with Crippen LogP contribution in [0.25, 0.3) is 0 Å². The van der Waals surface area contributed by atoms with Crippen molar-refractivity contribution >= 4 is 29.2 Å². The van der Waals surface area contributed by atoms with Crippen molar-refractivity contribution in [2.75, 3.05) is 5.32 Å². The minimum Gasteiger partial charge on any atom is -0.308 e. The van der Waals surface area contributed by atoms with Crippen molar-refractivity contribution in [2.24, 2.45) is 0 Å². The Bertz CT molecular complexity index is 348. The SMILES string of the molecule is CC(=O)NC(=O)Nc1ccc(Cl)cc1. The lowest BCUT2D eigenvalue weighted by Gasteiger charge is -2.04. The lowest BCUT2D eigenvalue weighted by Crippen LogP contribution is -2.32. The predicted octanol–water partition coefficient (Wildman–Crippen LogP) is 2.01. The molecule has 1 aromatic rings. The molecule has 0 saturated heterocycles. The first-order valence-corrected chi connectivity index (χ1v) is 4.30. The van der Waals surface area contributed by atoms with Crippen molar-refractivity contribution in [3.63, 3.8) is 0 Å². The Morgan fingerprint density at radius 1 is 1.21 bits per heavy atom. The summed E-state index contributed by atoms with van der Waals surface area (Å²) in [5.74, 6) is -0.406. The average molecular weight is 213 g/mol. The number of halogens is 1. The molecule has 0 aromatic heterocycles. The van der Waals surface area contributed by atoms with Crippen LogP contribution in [0.4, 0.5) is 10.5 Å². The topological polar surface area (TPSA) is 58.2 Å². The number of carbonyl (C=O) groups excluding carboxylic acids is 2. The number of urea groups is 1. The summed E-state index contributed by atoms with van der Waals surface area (Å²) in [5, 5.41) is 5.14. The second-order valence-corrected chi connectivity index (χ2v) is 3.08. The first-order valence-electron chi connectivity index (χ1n) is 3.92. The number of benzene rings is 1. The molecule has 0 unspecified atom stereocenters. The standard InChI is InChI=1S/C9H9ClN2O2/c1-6(13)11-9(14)12-8-4-2-7(10)3-5-8/h2-5H,1H3,(H2,11,12,13,14). The van der Waals surface area contributed by atoms with Gasteiger partial charge in [-0.05, 0) is 24.3 Å². The van der Waals surface area contributed by atoms with E-state index in [1.165, 1.54) is 6.92 Å². The first kappa shape index (κ1) is 10.5. The Morgan fingerprint density at radius 3 is 2.29 bits per heavy atom. The number of nitrogens with one attached hydrogen (secondary N) is 2. The van der Waals surface area contributed by atoms with E-state index in [9.17, 15) is 9.59 Å². The minimum absolute atomic E-state index is 0.406. The molecule has 0 radical (unpaired) electrons. The summed E-state index contributed by atoms with van der Waals surface area (Å²) in [7, 11) is 0. The van der Waals surface area contributed by atoms with Crippen molar-refractivity contribution in [1.29, 1.82) is 0 Å². The Morgan fingerprint density at radius 2 is 1.79 bits per heavy atom. The molecule has 14 heavy (non-hydrogen) atoms. The molecule has 1 aromatic carbocycles. The summed E-state index contributed by atoms with van der Waals surface area (Å²) >= 11 is 5.65. The Hall–Kier alpha value is -1.55. The van der Waals surface area contributed by atoms with Crippen molar-refractivity contribution in [2.45, 2.75) is 6.92 Å². The summed E-state index contributed by atoms with van der Waals surface area (Å²) in [6, 6.07) is 6.01. The Labute approximate surface area is 86.3 Å². The number of amides is 3. The maximum Gasteiger partial charge on any atom is 0.325 e. The van der Waals surface area contributed by atoms with Gasteiger partial charge < -0.3 is 5.32 Å². The Kier molecular flexibility index (Phi) is 3.48. The van der Waals surface area contributed by atoms with Gasteiger partial charge in [-0.25, -0.2) is 4.79 Å². The van der Waals surface area contributed by atoms with Gasteiger partial charge in [0.15, 0.2) is 0 Å². The fourth-order valence-electron chi connectivity index (χ4n) is 0.855. The number of anilines is 1. The van der Waals surface area contributed by atoms with Gasteiger partial charge in [0.25, 0.3) is 0 Å². The van der Waals surface area contributed by atoms with Crippen molar-refractivity contribution < 1.29 is 9.59 Å². The minimum atomic E-state index is -0.556. The third-order valence-corrected chi connectivity index (χ3v) is 1.64. The van der Waals surface area contributed by atoms with E-state index in [0.29, 0.717) is 10.7 Å². The van der Waals surface area contributed by atoms with Gasteiger partial charge in [0.05, 0.1) is 0 Å². The van der Waals surface area contributed by atoms with Gasteiger partial charge in [-0.15, -0.1) is 0 Å². The van der Waals surface area contributed by atoms with E-state index < -0.39 is 11.9 Å². The summed E-state index contributed by atoms with van der Waals surface area (Å²) in [6.07, 6.45) is 0. The van der Waals surface area contributed by atoms with E-state index in [1.807, 2.05) is 0 Å². The van der Waals surface area contributed by atoms with Crippen LogP contribution in [0.15, 0.2) is 24.3 Å². The maximum absolute atomic E-state index is 11.0. The van der Waals surface area contributed by atoms with Crippen molar-refractivity contribution in [3.05, 3.63) is 29.3 Å². The van der Waals surface area contributed by atoms with E-state index >= 15 is 0 Å². The number of hydrogen-bond acceptors (Lipinski definition) is 2. The fraction of sp³-hybridized carbons (Fsp3) is 0.111. The molecule has 0 bridgehead atoms. The molecule has 0 atom stereocenters. The molecular formula is C9H9ClN2O2. The molecule has 0 aliphatic rings. The summed E-state index contributed by atoms with van der Waals surface area (Å²) in [6.45, 7) is 1.27. The largest absolute Gasteiger partial charge is 0.325 e. The summed E-state index contributed by atoms with van der Waals surface area (Å²) < 4.78 is 0. The summed E-state index contributed by atoms with van der Waals surface area (Å²) in [5.41, 5.74) is 0.577. The van der Waals surface area contributed by atoms with Crippen LogP contribution in [0.1, 0.15) is 6.92 Å². The lowest BCUT2D eigenvalue weighted by molar-refractivity contribution is -0.117. The summed E-state index contributed by atoms with van der Waals surface area (Å²) in [4.78, 5) is 21.5. The van der Waals surface area contributed by atoms with E-state index in [1.54, 1.807) is 24.3 Å². The maximum atomic E-state index is 11.0. The van der Waals surface area contributed by atoms with Crippen LogP contribution in [-0.2, 0) is 4.79 Å². The van der Waals surface area contributed by atoms with E-state index in [0.717, 1.165) is 0 Å². The molecule has 5 heteroatoms. The number of rotatable bonds is 1. The zero-order chi connectivity index (χ0) is 10.6. The normalized spacial score (nSPS) is 9.29. The zero-order valence-electron chi connectivity index (χ0n) is 7.50. The van der Waals surface area contributed by atoms with Crippen molar-refractivity contribution in [3.8, 4) is 0 Å². The highest BCUT2D eigenvalue weighted by molar-refractivity contribution is 6.30. The molecule has 0 spiro atoms. The first-order chi connectivity index (χ1) is 6.58. The molecule has 0 aliphatic heterocycles. The van der Waals surface area contributed by atoms with E-state index in [2.05, 4.69) is 10.6 Å². The highest BCUT2D eigenvalue weighted by atomic mass is 35.5. The highest BCUT2D eigenvalue weighted by Crippen LogP contribution is 2.12. The van der Waals surface area contributed by atoms with Gasteiger partial charge in [0.2, 0.25) is 5.91 Å². The number of hydrogen-bond donors (Lipinski definition) is 2. The molecular weight excluding hydrogens is 204 g/mol. The fourth-order valence-corrected chi connectivity index (χ4v) is 0.981. The smallest absolute Gasteiger partial charge is 0.308 e. The zero-order valence-corrected chi connectivity index (χ0v) is 8.26. The quantitative estimate of drug-likeness (QED) is 0.748. The third-order valence-electron chi connectivity index (χ3n) is 1.39. The van der Waals surface area contributed by atoms with Gasteiger partial charge >= 0.3 is 6.03 Å². The molecule has 4 nitrogen and oxygen atoms in total. The molecule has 1 rings (SSSR count). The van der Waals surface area contributed by atoms with E-state index in [-0.39, 0.29) is 0 Å². The van der Waals surface area contributed by atoms with Gasteiger partial charge in [-0.1, -0.05) is 11.6 Å². The average Bonchev–Trinajstić information content (AvgIpc) is 2.07. The molecule has 74 valence electrons. The van der Waals surface area contributed by atoms with Gasteiger partial charge in [0.1, 0.15) is 0 Å². The van der Waals surface area contributed by atoms with Crippen LogP contribution in [-0.4, -0.2) is 11.9 Å². The van der Waals surface area contributed by atoms with Crippen LogP contribution in [0, 0.1) is 0 Å². The van der Waals surface area contributed by atoms with Gasteiger partial charge in [-0.2, -0.15) is 0 Å². The van der Waals surface area contributed by atoms with Crippen LogP contribution in [0.3, 0.4) is 0 Å². The molecule has 0 saturated carbocycles. The van der Waals surface area contributed by atoms with Crippen LogP contribution >= 0.6 is 11.6 Å². The molecule has 0 aliphatic carbocycles. The monoisotopic (exact) mass is 212 g/mol. The molecule has 0 fully saturated rings. The Balaban J connectivity index is 2.56. The van der Waals surface area contributed by atoms with Gasteiger partial charge in [-0.3, -0.25) is 10.1 Å². The third kappa shape index (κ3) is 3.45. The second-order valence-electron chi connectivity index (χ2n) is 2.64. The lowest BCUT2D eigenvalue weighted by atomic mass is 10.3. The molecule has 3 amide bonds.